The van der Waals surface area contributed by atoms with Gasteiger partial charge in [-0.05, 0) is 40.3 Å². The molecule has 0 radical (unpaired) electrons. The van der Waals surface area contributed by atoms with Gasteiger partial charge < -0.3 is 10.6 Å². The van der Waals surface area contributed by atoms with Crippen LogP contribution in [-0.2, 0) is 0 Å². The fourth-order valence-corrected chi connectivity index (χ4v) is 1.92. The van der Waals surface area contributed by atoms with Crippen LogP contribution in [0.4, 0.5) is 5.82 Å². The van der Waals surface area contributed by atoms with E-state index in [0.29, 0.717) is 16.8 Å². The van der Waals surface area contributed by atoms with Crippen LogP contribution in [0.15, 0.2) is 16.7 Å². The average Bonchev–Trinajstić information content (AvgIpc) is 3.05. The van der Waals surface area contributed by atoms with E-state index in [-0.39, 0.29) is 5.91 Å². The molecule has 1 heterocycles. The lowest BCUT2D eigenvalue weighted by atomic mass is 10.1. The lowest BCUT2D eigenvalue weighted by molar-refractivity contribution is 0.0946. The molecule has 4 nitrogen and oxygen atoms in total. The van der Waals surface area contributed by atoms with Gasteiger partial charge in [0.05, 0.1) is 5.56 Å². The second-order valence-electron chi connectivity index (χ2n) is 4.79. The number of aromatic nitrogens is 1. The second kappa shape index (κ2) is 4.64. The van der Waals surface area contributed by atoms with Crippen LogP contribution in [0.25, 0.3) is 0 Å². The molecule has 1 aromatic rings. The van der Waals surface area contributed by atoms with E-state index in [4.69, 9.17) is 0 Å². The summed E-state index contributed by atoms with van der Waals surface area (Å²) in [5, 5.41) is 5.89. The summed E-state index contributed by atoms with van der Waals surface area (Å²) in [7, 11) is 1.76. The van der Waals surface area contributed by atoms with Gasteiger partial charge in [0.2, 0.25) is 0 Å². The van der Waals surface area contributed by atoms with Crippen LogP contribution in [0.3, 0.4) is 0 Å². The number of carbonyl (C=O) groups is 1. The number of nitrogens with one attached hydrogen (secondary N) is 2. The second-order valence-corrected chi connectivity index (χ2v) is 5.71. The molecule has 1 fully saturated rings. The molecule has 0 spiro atoms. The number of hydrogen-bond acceptors (Lipinski definition) is 3. The molecule has 2 N–H and O–H groups in total. The number of amides is 1. The molecular weight excluding hydrogens is 282 g/mol. The highest BCUT2D eigenvalue weighted by Gasteiger charge is 2.37. The fraction of sp³-hybridized carbons (Fsp3) is 0.500. The molecule has 92 valence electrons. The molecule has 1 amide bonds. The summed E-state index contributed by atoms with van der Waals surface area (Å²) in [5.41, 5.74) is 0.890. The van der Waals surface area contributed by atoms with E-state index in [9.17, 15) is 4.79 Å². The van der Waals surface area contributed by atoms with Crippen molar-refractivity contribution in [2.24, 2.45) is 5.41 Å². The number of nitrogens with zero attached hydrogens (tertiary/aromatic N) is 1. The van der Waals surface area contributed by atoms with Gasteiger partial charge in [0.25, 0.3) is 5.91 Å². The van der Waals surface area contributed by atoms with Gasteiger partial charge >= 0.3 is 0 Å². The summed E-state index contributed by atoms with van der Waals surface area (Å²) >= 11 is 3.33. The highest BCUT2D eigenvalue weighted by molar-refractivity contribution is 9.10. The zero-order valence-electron chi connectivity index (χ0n) is 10.0. The van der Waals surface area contributed by atoms with Crippen LogP contribution < -0.4 is 10.6 Å². The smallest absolute Gasteiger partial charge is 0.255 e. The highest BCUT2D eigenvalue weighted by atomic mass is 79.9. The van der Waals surface area contributed by atoms with Crippen molar-refractivity contribution >= 4 is 27.7 Å². The highest BCUT2D eigenvalue weighted by Crippen LogP contribution is 2.44. The topological polar surface area (TPSA) is 54.0 Å². The molecule has 1 aliphatic rings. The third-order valence-corrected chi connectivity index (χ3v) is 3.55. The lowest BCUT2D eigenvalue weighted by Gasteiger charge is -2.12. The van der Waals surface area contributed by atoms with Crippen molar-refractivity contribution in [2.45, 2.75) is 19.8 Å². The Hall–Kier alpha value is -1.10. The Morgan fingerprint density at radius 1 is 1.59 bits per heavy atom. The average molecular weight is 298 g/mol. The molecule has 5 heteroatoms. The third-order valence-electron chi connectivity index (χ3n) is 3.12. The molecule has 0 atom stereocenters. The maximum Gasteiger partial charge on any atom is 0.255 e. The Kier molecular flexibility index (Phi) is 3.38. The van der Waals surface area contributed by atoms with Gasteiger partial charge in [0.15, 0.2) is 0 Å². The van der Waals surface area contributed by atoms with Crippen LogP contribution in [0.5, 0.6) is 0 Å². The SMILES string of the molecule is CNc1ncc(Br)cc1C(=O)NCC1(C)CC1. The maximum absolute atomic E-state index is 12.0. The quantitative estimate of drug-likeness (QED) is 0.897. The predicted octanol–water partition coefficient (Wildman–Crippen LogP) is 2.42. The first-order valence-electron chi connectivity index (χ1n) is 5.66. The van der Waals surface area contributed by atoms with Crippen molar-refractivity contribution < 1.29 is 4.79 Å². The monoisotopic (exact) mass is 297 g/mol. The summed E-state index contributed by atoms with van der Waals surface area (Å²) in [5.74, 6) is 0.530. The number of anilines is 1. The molecule has 2 rings (SSSR count). The van der Waals surface area contributed by atoms with Crippen LogP contribution in [0.1, 0.15) is 30.1 Å². The summed E-state index contributed by atoms with van der Waals surface area (Å²) in [6, 6.07) is 1.78. The summed E-state index contributed by atoms with van der Waals surface area (Å²) in [4.78, 5) is 16.2. The molecule has 0 bridgehead atoms. The first-order valence-corrected chi connectivity index (χ1v) is 6.45. The van der Waals surface area contributed by atoms with Gasteiger partial charge in [-0.2, -0.15) is 0 Å². The molecule has 0 aliphatic heterocycles. The minimum Gasteiger partial charge on any atom is -0.372 e. The molecule has 0 unspecified atom stereocenters. The maximum atomic E-state index is 12.0. The van der Waals surface area contributed by atoms with Crippen LogP contribution in [-0.4, -0.2) is 24.5 Å². The molecular formula is C12H16BrN3O. The Labute approximate surface area is 109 Å². The van der Waals surface area contributed by atoms with E-state index in [0.717, 1.165) is 11.0 Å². The van der Waals surface area contributed by atoms with Gasteiger partial charge in [0, 0.05) is 24.3 Å². The fourth-order valence-electron chi connectivity index (χ4n) is 1.59. The lowest BCUT2D eigenvalue weighted by Crippen LogP contribution is -2.29. The molecule has 0 saturated heterocycles. The van der Waals surface area contributed by atoms with Crippen LogP contribution >= 0.6 is 15.9 Å². The Balaban J connectivity index is 2.09. The van der Waals surface area contributed by atoms with Gasteiger partial charge in [-0.1, -0.05) is 6.92 Å². The van der Waals surface area contributed by atoms with Crippen molar-refractivity contribution in [2.75, 3.05) is 18.9 Å². The van der Waals surface area contributed by atoms with Gasteiger partial charge in [-0.3, -0.25) is 4.79 Å². The van der Waals surface area contributed by atoms with E-state index >= 15 is 0 Å². The standard InChI is InChI=1S/C12H16BrN3O/c1-12(3-4-12)7-16-11(17)9-5-8(13)6-15-10(9)14-2/h5-6H,3-4,7H2,1-2H3,(H,14,15)(H,16,17). The van der Waals surface area contributed by atoms with E-state index in [1.807, 2.05) is 0 Å². The predicted molar refractivity (Wildman–Crippen MR) is 71.2 cm³/mol. The Bertz CT molecular complexity index is 443. The van der Waals surface area contributed by atoms with Crippen LogP contribution in [0.2, 0.25) is 0 Å². The van der Waals surface area contributed by atoms with Gasteiger partial charge in [-0.15, -0.1) is 0 Å². The van der Waals surface area contributed by atoms with E-state index < -0.39 is 0 Å². The van der Waals surface area contributed by atoms with E-state index in [1.165, 1.54) is 12.8 Å². The summed E-state index contributed by atoms with van der Waals surface area (Å²) in [6.07, 6.45) is 4.07. The number of halogens is 1. The van der Waals surface area contributed by atoms with Gasteiger partial charge in [0.1, 0.15) is 5.82 Å². The van der Waals surface area contributed by atoms with Gasteiger partial charge in [-0.25, -0.2) is 4.98 Å². The normalized spacial score (nSPS) is 16.4. The molecule has 17 heavy (non-hydrogen) atoms. The molecule has 1 saturated carbocycles. The van der Waals surface area contributed by atoms with Crippen molar-refractivity contribution in [3.8, 4) is 0 Å². The summed E-state index contributed by atoms with van der Waals surface area (Å²) < 4.78 is 0.805. The van der Waals surface area contributed by atoms with Crippen molar-refractivity contribution in [1.29, 1.82) is 0 Å². The Morgan fingerprint density at radius 3 is 2.88 bits per heavy atom. The zero-order valence-corrected chi connectivity index (χ0v) is 11.6. The Morgan fingerprint density at radius 2 is 2.29 bits per heavy atom. The van der Waals surface area contributed by atoms with Crippen molar-refractivity contribution in [3.05, 3.63) is 22.3 Å². The molecule has 1 aliphatic carbocycles. The minimum atomic E-state index is -0.0729. The third kappa shape index (κ3) is 2.97. The number of pyridine rings is 1. The van der Waals surface area contributed by atoms with E-state index in [2.05, 4.69) is 38.5 Å². The number of carbonyl (C=O) groups excluding carboxylic acids is 1. The first kappa shape index (κ1) is 12.4. The number of rotatable bonds is 4. The number of hydrogen-bond donors (Lipinski definition) is 2. The molecule has 0 aromatic carbocycles. The summed E-state index contributed by atoms with van der Waals surface area (Å²) in [6.45, 7) is 2.92. The minimum absolute atomic E-state index is 0.0729. The van der Waals surface area contributed by atoms with Crippen molar-refractivity contribution in [1.82, 2.24) is 10.3 Å². The van der Waals surface area contributed by atoms with Crippen LogP contribution in [0, 0.1) is 5.41 Å². The van der Waals surface area contributed by atoms with E-state index in [1.54, 1.807) is 19.3 Å². The van der Waals surface area contributed by atoms with Crippen molar-refractivity contribution in [3.63, 3.8) is 0 Å². The zero-order chi connectivity index (χ0) is 12.5. The first-order chi connectivity index (χ1) is 8.04. The largest absolute Gasteiger partial charge is 0.372 e. The molecule has 1 aromatic heterocycles.